The van der Waals surface area contributed by atoms with Crippen molar-refractivity contribution in [1.29, 1.82) is 0 Å². The maximum Gasteiger partial charge on any atom is 0.312 e. The molecule has 4 N–H and O–H groups in total. The van der Waals surface area contributed by atoms with Crippen LogP contribution in [0.15, 0.2) is 24.3 Å². The van der Waals surface area contributed by atoms with Gasteiger partial charge in [-0.2, -0.15) is 0 Å². The third-order valence-electron chi connectivity index (χ3n) is 2.53. The zero-order valence-corrected chi connectivity index (χ0v) is 10.9. The highest BCUT2D eigenvalue weighted by Gasteiger charge is 2.23. The molecule has 3 amide bonds. The molecule has 0 heterocycles. The van der Waals surface area contributed by atoms with Crippen LogP contribution in [-0.4, -0.2) is 18.0 Å². The predicted molar refractivity (Wildman–Crippen MR) is 71.2 cm³/mol. The van der Waals surface area contributed by atoms with Gasteiger partial charge in [-0.3, -0.25) is 4.79 Å². The van der Waals surface area contributed by atoms with Crippen molar-refractivity contribution in [3.63, 3.8) is 0 Å². The van der Waals surface area contributed by atoms with E-state index >= 15 is 0 Å². The fourth-order valence-corrected chi connectivity index (χ4v) is 1.63. The van der Waals surface area contributed by atoms with E-state index in [1.807, 2.05) is 39.0 Å². The molecule has 0 radical (unpaired) electrons. The molecule has 5 heteroatoms. The lowest BCUT2D eigenvalue weighted by Crippen LogP contribution is -2.49. The van der Waals surface area contributed by atoms with Gasteiger partial charge in [0.15, 0.2) is 0 Å². The molecule has 0 spiro atoms. The Balaban J connectivity index is 2.75. The Morgan fingerprint density at radius 2 is 1.94 bits per heavy atom. The van der Waals surface area contributed by atoms with Gasteiger partial charge in [-0.15, -0.1) is 0 Å². The number of nitrogens with one attached hydrogen (secondary N) is 2. The molecule has 1 rings (SSSR count). The molecule has 0 fully saturated rings. The summed E-state index contributed by atoms with van der Waals surface area (Å²) in [5.74, 6) is -0.309. The quantitative estimate of drug-likeness (QED) is 0.757. The molecular formula is C13H19N3O2. The SMILES string of the molecule is Cc1cccc(NC(=O)[C@@H](NC(N)=O)C(C)C)c1. The van der Waals surface area contributed by atoms with Crippen LogP contribution in [-0.2, 0) is 4.79 Å². The Hall–Kier alpha value is -2.04. The van der Waals surface area contributed by atoms with Gasteiger partial charge in [-0.05, 0) is 30.5 Å². The van der Waals surface area contributed by atoms with Crippen molar-refractivity contribution in [2.45, 2.75) is 26.8 Å². The lowest BCUT2D eigenvalue weighted by atomic mass is 10.0. The van der Waals surface area contributed by atoms with E-state index in [4.69, 9.17) is 5.73 Å². The molecule has 0 bridgehead atoms. The van der Waals surface area contributed by atoms with Gasteiger partial charge in [0.05, 0.1) is 0 Å². The number of benzene rings is 1. The zero-order chi connectivity index (χ0) is 13.7. The van der Waals surface area contributed by atoms with Crippen LogP contribution in [0, 0.1) is 12.8 Å². The Morgan fingerprint density at radius 3 is 2.44 bits per heavy atom. The van der Waals surface area contributed by atoms with Crippen LogP contribution in [0.25, 0.3) is 0 Å². The average Bonchev–Trinajstić information content (AvgIpc) is 2.25. The van der Waals surface area contributed by atoms with Gasteiger partial charge in [0, 0.05) is 5.69 Å². The highest BCUT2D eigenvalue weighted by Crippen LogP contribution is 2.11. The van der Waals surface area contributed by atoms with Crippen molar-refractivity contribution in [2.24, 2.45) is 11.7 Å². The summed E-state index contributed by atoms with van der Waals surface area (Å²) in [7, 11) is 0. The van der Waals surface area contributed by atoms with Crippen LogP contribution in [0.4, 0.5) is 10.5 Å². The minimum Gasteiger partial charge on any atom is -0.352 e. The van der Waals surface area contributed by atoms with E-state index in [1.54, 1.807) is 6.07 Å². The number of anilines is 1. The molecule has 18 heavy (non-hydrogen) atoms. The molecule has 1 aromatic rings. The lowest BCUT2D eigenvalue weighted by molar-refractivity contribution is -0.118. The second kappa shape index (κ2) is 6.05. The number of rotatable bonds is 4. The Bertz CT molecular complexity index is 444. The number of carbonyl (C=O) groups excluding carboxylic acids is 2. The summed E-state index contributed by atoms with van der Waals surface area (Å²) in [6.07, 6.45) is 0. The van der Waals surface area contributed by atoms with Crippen LogP contribution in [0.5, 0.6) is 0 Å². The lowest BCUT2D eigenvalue weighted by Gasteiger charge is -2.20. The van der Waals surface area contributed by atoms with E-state index in [9.17, 15) is 9.59 Å². The van der Waals surface area contributed by atoms with E-state index in [2.05, 4.69) is 10.6 Å². The fourth-order valence-electron chi connectivity index (χ4n) is 1.63. The number of hydrogen-bond donors (Lipinski definition) is 3. The van der Waals surface area contributed by atoms with Gasteiger partial charge in [0.25, 0.3) is 0 Å². The molecule has 0 aliphatic carbocycles. The first-order chi connectivity index (χ1) is 8.40. The summed E-state index contributed by atoms with van der Waals surface area (Å²) < 4.78 is 0. The molecule has 0 aliphatic heterocycles. The maximum absolute atomic E-state index is 12.0. The Kier molecular flexibility index (Phi) is 4.71. The van der Waals surface area contributed by atoms with Crippen molar-refractivity contribution in [1.82, 2.24) is 5.32 Å². The summed E-state index contributed by atoms with van der Waals surface area (Å²) in [6, 6.07) is 6.12. The van der Waals surface area contributed by atoms with Crippen molar-refractivity contribution >= 4 is 17.6 Å². The molecule has 0 saturated heterocycles. The largest absolute Gasteiger partial charge is 0.352 e. The summed E-state index contributed by atoms with van der Waals surface area (Å²) in [6.45, 7) is 5.63. The molecule has 0 unspecified atom stereocenters. The number of primary amides is 1. The smallest absolute Gasteiger partial charge is 0.312 e. The van der Waals surface area contributed by atoms with Gasteiger partial charge in [-0.25, -0.2) is 4.79 Å². The first kappa shape index (κ1) is 14.0. The zero-order valence-electron chi connectivity index (χ0n) is 10.9. The molecule has 1 aromatic carbocycles. The van der Waals surface area contributed by atoms with Crippen LogP contribution < -0.4 is 16.4 Å². The van der Waals surface area contributed by atoms with Gasteiger partial charge in [0.1, 0.15) is 6.04 Å². The summed E-state index contributed by atoms with van der Waals surface area (Å²) in [4.78, 5) is 22.9. The molecule has 5 nitrogen and oxygen atoms in total. The normalized spacial score (nSPS) is 12.0. The molecule has 1 atom stereocenters. The Morgan fingerprint density at radius 1 is 1.28 bits per heavy atom. The van der Waals surface area contributed by atoms with Crippen molar-refractivity contribution in [3.8, 4) is 0 Å². The highest BCUT2D eigenvalue weighted by atomic mass is 16.2. The molecular weight excluding hydrogens is 230 g/mol. The Labute approximate surface area is 107 Å². The third-order valence-corrected chi connectivity index (χ3v) is 2.53. The van der Waals surface area contributed by atoms with E-state index < -0.39 is 12.1 Å². The molecule has 0 aliphatic rings. The van der Waals surface area contributed by atoms with E-state index in [0.29, 0.717) is 5.69 Å². The standard InChI is InChI=1S/C13H19N3O2/c1-8(2)11(16-13(14)18)12(17)15-10-6-4-5-9(3)7-10/h4-8,11H,1-3H3,(H,15,17)(H3,14,16,18)/t11-/m0/s1. The van der Waals surface area contributed by atoms with Crippen LogP contribution >= 0.6 is 0 Å². The second-order valence-electron chi connectivity index (χ2n) is 4.59. The van der Waals surface area contributed by atoms with E-state index in [-0.39, 0.29) is 11.8 Å². The van der Waals surface area contributed by atoms with Gasteiger partial charge in [-0.1, -0.05) is 26.0 Å². The number of aryl methyl sites for hydroxylation is 1. The second-order valence-corrected chi connectivity index (χ2v) is 4.59. The van der Waals surface area contributed by atoms with Crippen molar-refractivity contribution in [3.05, 3.63) is 29.8 Å². The van der Waals surface area contributed by atoms with Gasteiger partial charge in [0.2, 0.25) is 5.91 Å². The maximum atomic E-state index is 12.0. The molecule has 0 aromatic heterocycles. The van der Waals surface area contributed by atoms with E-state index in [0.717, 1.165) is 5.56 Å². The minimum atomic E-state index is -0.701. The fraction of sp³-hybridized carbons (Fsp3) is 0.385. The monoisotopic (exact) mass is 249 g/mol. The van der Waals surface area contributed by atoms with Gasteiger partial charge >= 0.3 is 6.03 Å². The number of hydrogen-bond acceptors (Lipinski definition) is 2. The van der Waals surface area contributed by atoms with E-state index in [1.165, 1.54) is 0 Å². The van der Waals surface area contributed by atoms with Crippen molar-refractivity contribution < 1.29 is 9.59 Å². The molecule has 98 valence electrons. The first-order valence-electron chi connectivity index (χ1n) is 5.83. The molecule has 0 saturated carbocycles. The third kappa shape index (κ3) is 4.08. The summed E-state index contributed by atoms with van der Waals surface area (Å²) in [5.41, 5.74) is 6.81. The van der Waals surface area contributed by atoms with Crippen LogP contribution in [0.1, 0.15) is 19.4 Å². The average molecular weight is 249 g/mol. The summed E-state index contributed by atoms with van der Waals surface area (Å²) >= 11 is 0. The first-order valence-corrected chi connectivity index (χ1v) is 5.83. The number of urea groups is 1. The predicted octanol–water partition coefficient (Wildman–Crippen LogP) is 1.63. The van der Waals surface area contributed by atoms with Crippen molar-refractivity contribution in [2.75, 3.05) is 5.32 Å². The summed E-state index contributed by atoms with van der Waals surface area (Å²) in [5, 5.41) is 5.20. The van der Waals surface area contributed by atoms with Crippen LogP contribution in [0.2, 0.25) is 0 Å². The highest BCUT2D eigenvalue weighted by molar-refractivity contribution is 5.97. The minimum absolute atomic E-state index is 0.0395. The number of amides is 3. The number of nitrogens with two attached hydrogens (primary N) is 1. The topological polar surface area (TPSA) is 84.2 Å². The van der Waals surface area contributed by atoms with Gasteiger partial charge < -0.3 is 16.4 Å². The number of carbonyl (C=O) groups is 2. The van der Waals surface area contributed by atoms with Crippen LogP contribution in [0.3, 0.4) is 0 Å².